The molecular formula is C12H15F8NO. The van der Waals surface area contributed by atoms with Crippen molar-refractivity contribution in [3.05, 3.63) is 11.6 Å². The zero-order chi connectivity index (χ0) is 17.8. The van der Waals surface area contributed by atoms with Crippen LogP contribution in [0.25, 0.3) is 0 Å². The van der Waals surface area contributed by atoms with E-state index in [9.17, 15) is 39.9 Å². The first-order valence-corrected chi connectivity index (χ1v) is 6.20. The molecule has 22 heavy (non-hydrogen) atoms. The first-order valence-electron chi connectivity index (χ1n) is 6.20. The highest BCUT2D eigenvalue weighted by atomic mass is 19.4. The Morgan fingerprint density at radius 1 is 1.14 bits per heavy atom. The Kier molecular flexibility index (Phi) is 6.83. The van der Waals surface area contributed by atoms with E-state index in [0.717, 1.165) is 0 Å². The van der Waals surface area contributed by atoms with Gasteiger partial charge in [-0.25, -0.2) is 8.78 Å². The standard InChI is InChI=1S/C12H15F8NO/c1-3-7(4-2)8(22)21-6-5-10(15,16)12(19,20)11(17,18)9(13)14/h3,9H,4-6H2,1-2H3,(H,21,22). The molecule has 0 aromatic heterocycles. The predicted molar refractivity (Wildman–Crippen MR) is 62.5 cm³/mol. The number of rotatable bonds is 8. The van der Waals surface area contributed by atoms with Crippen molar-refractivity contribution in [2.24, 2.45) is 0 Å². The molecule has 130 valence electrons. The minimum absolute atomic E-state index is 0.174. The lowest BCUT2D eigenvalue weighted by Crippen LogP contribution is -2.58. The van der Waals surface area contributed by atoms with Crippen LogP contribution in [0.4, 0.5) is 35.1 Å². The van der Waals surface area contributed by atoms with Gasteiger partial charge in [0, 0.05) is 18.5 Å². The number of halogens is 8. The van der Waals surface area contributed by atoms with Gasteiger partial charge in [0.15, 0.2) is 0 Å². The zero-order valence-corrected chi connectivity index (χ0v) is 11.7. The van der Waals surface area contributed by atoms with Gasteiger partial charge in [0.05, 0.1) is 0 Å². The molecule has 0 aromatic carbocycles. The van der Waals surface area contributed by atoms with Crippen LogP contribution >= 0.6 is 0 Å². The van der Waals surface area contributed by atoms with E-state index >= 15 is 0 Å². The molecule has 2 nitrogen and oxygen atoms in total. The van der Waals surface area contributed by atoms with Crippen molar-refractivity contribution in [3.8, 4) is 0 Å². The van der Waals surface area contributed by atoms with E-state index in [4.69, 9.17) is 0 Å². The second-order valence-electron chi connectivity index (χ2n) is 4.38. The Morgan fingerprint density at radius 3 is 2.00 bits per heavy atom. The van der Waals surface area contributed by atoms with Crippen molar-refractivity contribution in [2.45, 2.75) is 50.9 Å². The number of hydrogen-bond donors (Lipinski definition) is 1. The molecule has 0 spiro atoms. The maximum atomic E-state index is 13.1. The molecule has 0 saturated heterocycles. The van der Waals surface area contributed by atoms with E-state index < -0.39 is 43.1 Å². The third-order valence-corrected chi connectivity index (χ3v) is 2.90. The summed E-state index contributed by atoms with van der Waals surface area (Å²) in [4.78, 5) is 11.4. The Morgan fingerprint density at radius 2 is 1.64 bits per heavy atom. The maximum absolute atomic E-state index is 13.1. The minimum Gasteiger partial charge on any atom is -0.352 e. The molecule has 0 rings (SSSR count). The lowest BCUT2D eigenvalue weighted by Gasteiger charge is -2.32. The fraction of sp³-hybridized carbons (Fsp3) is 0.750. The van der Waals surface area contributed by atoms with E-state index in [1.807, 2.05) is 5.32 Å². The van der Waals surface area contributed by atoms with Crippen LogP contribution < -0.4 is 5.32 Å². The topological polar surface area (TPSA) is 29.1 Å². The molecule has 0 saturated carbocycles. The highest BCUT2D eigenvalue weighted by molar-refractivity contribution is 5.93. The number of nitrogens with one attached hydrogen (secondary N) is 1. The van der Waals surface area contributed by atoms with Crippen LogP contribution in [0.15, 0.2) is 11.6 Å². The summed E-state index contributed by atoms with van der Waals surface area (Å²) in [6.45, 7) is 1.98. The Hall–Kier alpha value is -1.35. The van der Waals surface area contributed by atoms with Gasteiger partial charge in [0.2, 0.25) is 5.91 Å². The van der Waals surface area contributed by atoms with Crippen molar-refractivity contribution >= 4 is 5.91 Å². The Labute approximate surface area is 121 Å². The Bertz CT molecular complexity index is 419. The molecule has 0 aromatic rings. The molecular weight excluding hydrogens is 326 g/mol. The van der Waals surface area contributed by atoms with E-state index in [1.54, 1.807) is 6.92 Å². The van der Waals surface area contributed by atoms with Crippen LogP contribution in [0.2, 0.25) is 0 Å². The maximum Gasteiger partial charge on any atom is 0.377 e. The summed E-state index contributed by atoms with van der Waals surface area (Å²) < 4.78 is 101. The smallest absolute Gasteiger partial charge is 0.352 e. The van der Waals surface area contributed by atoms with Gasteiger partial charge < -0.3 is 5.32 Å². The molecule has 10 heteroatoms. The molecule has 0 aliphatic carbocycles. The fourth-order valence-corrected chi connectivity index (χ4v) is 1.48. The molecule has 1 amide bonds. The lowest BCUT2D eigenvalue weighted by atomic mass is 10.0. The number of carbonyl (C=O) groups excluding carboxylic acids is 1. The van der Waals surface area contributed by atoms with Gasteiger partial charge in [-0.3, -0.25) is 4.79 Å². The summed E-state index contributed by atoms with van der Waals surface area (Å²) in [5.74, 6) is -18.7. The van der Waals surface area contributed by atoms with Gasteiger partial charge in [0.25, 0.3) is 0 Å². The lowest BCUT2D eigenvalue weighted by molar-refractivity contribution is -0.339. The van der Waals surface area contributed by atoms with Gasteiger partial charge in [0.1, 0.15) is 0 Å². The second-order valence-corrected chi connectivity index (χ2v) is 4.38. The average Bonchev–Trinajstić information content (AvgIpc) is 2.39. The molecule has 1 N–H and O–H groups in total. The molecule has 0 aliphatic heterocycles. The largest absolute Gasteiger partial charge is 0.377 e. The van der Waals surface area contributed by atoms with E-state index in [-0.39, 0.29) is 12.0 Å². The highest BCUT2D eigenvalue weighted by Crippen LogP contribution is 2.49. The van der Waals surface area contributed by atoms with Gasteiger partial charge in [-0.05, 0) is 13.3 Å². The van der Waals surface area contributed by atoms with Crippen LogP contribution in [-0.2, 0) is 4.79 Å². The number of amides is 1. The molecule has 0 atom stereocenters. The van der Waals surface area contributed by atoms with Crippen LogP contribution in [0.1, 0.15) is 26.7 Å². The summed E-state index contributed by atoms with van der Waals surface area (Å²) in [5.41, 5.74) is 0.174. The van der Waals surface area contributed by atoms with E-state index in [1.165, 1.54) is 13.0 Å². The normalized spacial score (nSPS) is 14.4. The molecule has 0 radical (unpaired) electrons. The van der Waals surface area contributed by atoms with E-state index in [2.05, 4.69) is 0 Å². The number of alkyl halides is 8. The van der Waals surface area contributed by atoms with Gasteiger partial charge in [-0.15, -0.1) is 0 Å². The Balaban J connectivity index is 4.88. The molecule has 0 bridgehead atoms. The molecule has 0 heterocycles. The van der Waals surface area contributed by atoms with Crippen LogP contribution in [0.3, 0.4) is 0 Å². The van der Waals surface area contributed by atoms with Crippen molar-refractivity contribution in [1.29, 1.82) is 0 Å². The second kappa shape index (κ2) is 7.28. The van der Waals surface area contributed by atoms with Crippen LogP contribution in [0, 0.1) is 0 Å². The number of carbonyl (C=O) groups is 1. The summed E-state index contributed by atoms with van der Waals surface area (Å²) in [7, 11) is 0. The third kappa shape index (κ3) is 4.10. The quantitative estimate of drug-likeness (QED) is 0.524. The average molecular weight is 341 g/mol. The summed E-state index contributed by atoms with van der Waals surface area (Å²) >= 11 is 0. The monoisotopic (exact) mass is 341 g/mol. The van der Waals surface area contributed by atoms with Gasteiger partial charge in [-0.2, -0.15) is 26.3 Å². The molecule has 0 fully saturated rings. The van der Waals surface area contributed by atoms with Crippen LogP contribution in [-0.4, -0.2) is 36.6 Å². The molecule has 0 aliphatic rings. The fourth-order valence-electron chi connectivity index (χ4n) is 1.48. The van der Waals surface area contributed by atoms with Crippen LogP contribution in [0.5, 0.6) is 0 Å². The first kappa shape index (κ1) is 20.6. The zero-order valence-electron chi connectivity index (χ0n) is 11.7. The van der Waals surface area contributed by atoms with Gasteiger partial charge >= 0.3 is 24.2 Å². The number of allylic oxidation sites excluding steroid dienone is 1. The minimum atomic E-state index is -6.24. The summed E-state index contributed by atoms with van der Waals surface area (Å²) in [6, 6.07) is 0. The SMILES string of the molecule is CC=C(CC)C(=O)NCCC(F)(F)C(F)(F)C(F)(F)C(F)F. The van der Waals surface area contributed by atoms with Crippen molar-refractivity contribution in [3.63, 3.8) is 0 Å². The first-order chi connectivity index (χ1) is 9.85. The predicted octanol–water partition coefficient (Wildman–Crippen LogP) is 4.02. The van der Waals surface area contributed by atoms with Crippen molar-refractivity contribution in [2.75, 3.05) is 6.54 Å². The van der Waals surface area contributed by atoms with E-state index in [0.29, 0.717) is 0 Å². The van der Waals surface area contributed by atoms with Crippen molar-refractivity contribution in [1.82, 2.24) is 5.32 Å². The third-order valence-electron chi connectivity index (χ3n) is 2.90. The van der Waals surface area contributed by atoms with Gasteiger partial charge in [-0.1, -0.05) is 13.0 Å². The molecule has 0 unspecified atom stereocenters. The van der Waals surface area contributed by atoms with Crippen molar-refractivity contribution < 1.29 is 39.9 Å². The summed E-state index contributed by atoms with van der Waals surface area (Å²) in [5, 5.41) is 1.84. The number of hydrogen-bond acceptors (Lipinski definition) is 1. The summed E-state index contributed by atoms with van der Waals surface area (Å²) in [6.07, 6.45) is -5.27. The highest BCUT2D eigenvalue weighted by Gasteiger charge is 2.74.